The van der Waals surface area contributed by atoms with Crippen LogP contribution in [0.25, 0.3) is 22.4 Å². The van der Waals surface area contributed by atoms with Gasteiger partial charge in [-0.05, 0) is 13.0 Å². The molecule has 0 bridgehead atoms. The van der Waals surface area contributed by atoms with Gasteiger partial charge >= 0.3 is 5.97 Å². The van der Waals surface area contributed by atoms with E-state index in [1.165, 1.54) is 31.0 Å². The molecule has 0 atom stereocenters. The van der Waals surface area contributed by atoms with Crippen molar-refractivity contribution in [1.82, 2.24) is 24.9 Å². The Hall–Kier alpha value is -3.79. The molecule has 0 aliphatic heterocycles. The van der Waals surface area contributed by atoms with E-state index in [9.17, 15) is 14.4 Å². The summed E-state index contributed by atoms with van der Waals surface area (Å²) in [5.74, 6) is 0.126. The van der Waals surface area contributed by atoms with Crippen LogP contribution in [0.2, 0.25) is 0 Å². The second kappa shape index (κ2) is 8.52. The van der Waals surface area contributed by atoms with Crippen LogP contribution >= 0.6 is 11.8 Å². The maximum absolute atomic E-state index is 12.6. The lowest BCUT2D eigenvalue weighted by Crippen LogP contribution is -2.16. The van der Waals surface area contributed by atoms with Crippen molar-refractivity contribution in [3.8, 4) is 11.4 Å². The number of carbonyl (C=O) groups excluding carboxylic acids is 1. The van der Waals surface area contributed by atoms with Gasteiger partial charge in [-0.3, -0.25) is 9.59 Å². The van der Waals surface area contributed by atoms with Crippen LogP contribution in [0.15, 0.2) is 57.2 Å². The Morgan fingerprint density at radius 1 is 1.06 bits per heavy atom. The minimum absolute atomic E-state index is 0.0717. The molecule has 31 heavy (non-hydrogen) atoms. The van der Waals surface area contributed by atoms with Crippen molar-refractivity contribution >= 4 is 28.8 Å². The first-order valence-electron chi connectivity index (χ1n) is 9.23. The highest BCUT2D eigenvalue weighted by molar-refractivity contribution is 7.98. The highest BCUT2D eigenvalue weighted by Crippen LogP contribution is 2.21. The van der Waals surface area contributed by atoms with Crippen LogP contribution in [0.1, 0.15) is 21.7 Å². The van der Waals surface area contributed by atoms with E-state index in [0.717, 1.165) is 5.56 Å². The van der Waals surface area contributed by atoms with Gasteiger partial charge in [0.2, 0.25) is 0 Å². The molecule has 4 rings (SSSR count). The molecule has 0 spiro atoms. The predicted molar refractivity (Wildman–Crippen MR) is 116 cm³/mol. The Labute approximate surface area is 180 Å². The average molecular weight is 435 g/mol. The fourth-order valence-electron chi connectivity index (χ4n) is 3.04. The summed E-state index contributed by atoms with van der Waals surface area (Å²) in [6.07, 6.45) is 0. The van der Waals surface area contributed by atoms with Gasteiger partial charge in [0, 0.05) is 23.1 Å². The smallest absolute Gasteiger partial charge is 0.338 e. The van der Waals surface area contributed by atoms with E-state index in [2.05, 4.69) is 24.9 Å². The van der Waals surface area contributed by atoms with Crippen LogP contribution in [-0.4, -0.2) is 38.0 Å². The summed E-state index contributed by atoms with van der Waals surface area (Å²) >= 11 is 1.20. The van der Waals surface area contributed by atoms with Crippen molar-refractivity contribution in [3.63, 3.8) is 0 Å². The van der Waals surface area contributed by atoms with Crippen LogP contribution in [-0.2, 0) is 10.5 Å². The largest absolute Gasteiger partial charge is 0.465 e. The van der Waals surface area contributed by atoms with Gasteiger partial charge < -0.3 is 14.7 Å². The monoisotopic (exact) mass is 435 g/mol. The SMILES string of the molecule is COC(=O)c1cc(C)nc2nc(SCc3cc(=O)[nH]c(-c4ccccc4)n3)[nH]c(=O)c12. The van der Waals surface area contributed by atoms with E-state index in [4.69, 9.17) is 4.74 Å². The minimum Gasteiger partial charge on any atom is -0.465 e. The van der Waals surface area contributed by atoms with Crippen molar-refractivity contribution in [1.29, 1.82) is 0 Å². The van der Waals surface area contributed by atoms with Gasteiger partial charge in [-0.1, -0.05) is 42.1 Å². The summed E-state index contributed by atoms with van der Waals surface area (Å²) in [6.45, 7) is 1.70. The highest BCUT2D eigenvalue weighted by Gasteiger charge is 2.17. The van der Waals surface area contributed by atoms with Gasteiger partial charge in [0.05, 0.1) is 23.8 Å². The van der Waals surface area contributed by atoms with Crippen LogP contribution in [0.4, 0.5) is 0 Å². The topological polar surface area (TPSA) is 131 Å². The van der Waals surface area contributed by atoms with Gasteiger partial charge in [0.15, 0.2) is 10.8 Å². The Kier molecular flexibility index (Phi) is 5.63. The number of carbonyl (C=O) groups is 1. The Morgan fingerprint density at radius 3 is 2.58 bits per heavy atom. The molecule has 2 N–H and O–H groups in total. The number of H-pyrrole nitrogens is 2. The zero-order chi connectivity index (χ0) is 22.0. The lowest BCUT2D eigenvalue weighted by atomic mass is 10.1. The number of methoxy groups -OCH3 is 1. The van der Waals surface area contributed by atoms with Gasteiger partial charge in [0.25, 0.3) is 11.1 Å². The molecule has 0 unspecified atom stereocenters. The van der Waals surface area contributed by atoms with Gasteiger partial charge in [-0.15, -0.1) is 0 Å². The van der Waals surface area contributed by atoms with Gasteiger partial charge in [0.1, 0.15) is 5.82 Å². The number of rotatable bonds is 5. The molecule has 3 aromatic heterocycles. The third-order valence-corrected chi connectivity index (χ3v) is 5.29. The number of aromatic amines is 2. The molecular formula is C21H17N5O4S. The van der Waals surface area contributed by atoms with Crippen LogP contribution in [0, 0.1) is 6.92 Å². The molecule has 1 aromatic carbocycles. The fraction of sp³-hybridized carbons (Fsp3) is 0.143. The first-order chi connectivity index (χ1) is 14.9. The van der Waals surface area contributed by atoms with Gasteiger partial charge in [-0.25, -0.2) is 19.7 Å². The van der Waals surface area contributed by atoms with Crippen molar-refractivity contribution < 1.29 is 9.53 Å². The Bertz CT molecular complexity index is 1400. The van der Waals surface area contributed by atoms with Crippen LogP contribution in [0.5, 0.6) is 0 Å². The number of ether oxygens (including phenoxy) is 1. The molecule has 10 heteroatoms. The third-order valence-electron chi connectivity index (χ3n) is 4.39. The molecule has 0 saturated heterocycles. The number of aryl methyl sites for hydroxylation is 1. The lowest BCUT2D eigenvalue weighted by Gasteiger charge is -2.07. The van der Waals surface area contributed by atoms with Crippen molar-refractivity contribution in [2.45, 2.75) is 17.8 Å². The Morgan fingerprint density at radius 2 is 1.84 bits per heavy atom. The quantitative estimate of drug-likeness (QED) is 0.278. The van der Waals surface area contributed by atoms with E-state index in [1.54, 1.807) is 6.92 Å². The number of fused-ring (bicyclic) bond motifs is 1. The average Bonchev–Trinajstić information content (AvgIpc) is 2.76. The lowest BCUT2D eigenvalue weighted by molar-refractivity contribution is 0.0602. The number of hydrogen-bond donors (Lipinski definition) is 2. The Balaban J connectivity index is 1.66. The molecule has 3 heterocycles. The number of aromatic nitrogens is 5. The summed E-state index contributed by atoms with van der Waals surface area (Å²) < 4.78 is 4.76. The van der Waals surface area contributed by atoms with E-state index in [-0.39, 0.29) is 22.2 Å². The van der Waals surface area contributed by atoms with E-state index < -0.39 is 11.5 Å². The zero-order valence-corrected chi connectivity index (χ0v) is 17.4. The summed E-state index contributed by atoms with van der Waals surface area (Å²) in [7, 11) is 1.24. The summed E-state index contributed by atoms with van der Waals surface area (Å²) in [4.78, 5) is 55.2. The molecule has 0 saturated carbocycles. The summed E-state index contributed by atoms with van der Waals surface area (Å²) in [5, 5.41) is 0.372. The van der Waals surface area contributed by atoms with E-state index in [1.807, 2.05) is 30.3 Å². The number of thioether (sulfide) groups is 1. The third kappa shape index (κ3) is 4.38. The maximum atomic E-state index is 12.6. The number of nitrogens with zero attached hydrogens (tertiary/aromatic N) is 3. The molecule has 156 valence electrons. The van der Waals surface area contributed by atoms with Gasteiger partial charge in [-0.2, -0.15) is 0 Å². The number of benzene rings is 1. The maximum Gasteiger partial charge on any atom is 0.338 e. The highest BCUT2D eigenvalue weighted by atomic mass is 32.2. The number of pyridine rings is 1. The summed E-state index contributed by atoms with van der Waals surface area (Å²) in [5.41, 5.74) is 1.34. The second-order valence-electron chi connectivity index (χ2n) is 6.61. The molecule has 9 nitrogen and oxygen atoms in total. The van der Waals surface area contributed by atoms with E-state index in [0.29, 0.717) is 28.1 Å². The normalized spacial score (nSPS) is 10.9. The number of esters is 1. The second-order valence-corrected chi connectivity index (χ2v) is 7.58. The number of nitrogens with one attached hydrogen (secondary N) is 2. The van der Waals surface area contributed by atoms with E-state index >= 15 is 0 Å². The van der Waals surface area contributed by atoms with Crippen molar-refractivity contribution in [3.05, 3.63) is 80.1 Å². The molecule has 0 radical (unpaired) electrons. The molecule has 0 fully saturated rings. The van der Waals surface area contributed by atoms with Crippen molar-refractivity contribution in [2.75, 3.05) is 7.11 Å². The molecule has 0 aliphatic carbocycles. The molecule has 0 amide bonds. The van der Waals surface area contributed by atoms with Crippen LogP contribution < -0.4 is 11.1 Å². The minimum atomic E-state index is -0.635. The fourth-order valence-corrected chi connectivity index (χ4v) is 3.79. The van der Waals surface area contributed by atoms with Crippen LogP contribution in [0.3, 0.4) is 0 Å². The molecule has 4 aromatic rings. The number of hydrogen-bond acceptors (Lipinski definition) is 8. The predicted octanol–water partition coefficient (Wildman–Crippen LogP) is 2.46. The zero-order valence-electron chi connectivity index (χ0n) is 16.6. The standard InChI is InChI=1S/C21H17N5O4S/c1-11-8-14(20(29)30-2)16-18(22-11)25-21(26-19(16)28)31-10-13-9-15(27)24-17(23-13)12-6-4-3-5-7-12/h3-9H,10H2,1-2H3,(H,23,24,27)(H,22,25,26,28). The first kappa shape index (κ1) is 20.5. The molecule has 0 aliphatic rings. The first-order valence-corrected chi connectivity index (χ1v) is 10.2. The molecular weight excluding hydrogens is 418 g/mol. The summed E-state index contributed by atoms with van der Waals surface area (Å²) in [6, 6.07) is 12.2. The van der Waals surface area contributed by atoms with Crippen molar-refractivity contribution in [2.24, 2.45) is 0 Å².